The Bertz CT molecular complexity index is 525. The first kappa shape index (κ1) is 12.4. The second-order valence-electron chi connectivity index (χ2n) is 3.71. The summed E-state index contributed by atoms with van der Waals surface area (Å²) in [6, 6.07) is 5.50. The summed E-state index contributed by atoms with van der Waals surface area (Å²) in [6.45, 7) is 1.91. The van der Waals surface area contributed by atoms with Crippen molar-refractivity contribution in [3.05, 3.63) is 33.6 Å². The van der Waals surface area contributed by atoms with Crippen LogP contribution in [0.3, 0.4) is 0 Å². The molecule has 0 aliphatic rings. The van der Waals surface area contributed by atoms with E-state index in [1.165, 1.54) is 0 Å². The van der Waals surface area contributed by atoms with Crippen molar-refractivity contribution in [3.63, 3.8) is 0 Å². The molecule has 1 aromatic heterocycles. The fourth-order valence-corrected chi connectivity index (χ4v) is 2.50. The van der Waals surface area contributed by atoms with Gasteiger partial charge in [0.05, 0.1) is 23.9 Å². The van der Waals surface area contributed by atoms with Gasteiger partial charge in [0.15, 0.2) is 0 Å². The maximum absolute atomic E-state index is 6.18. The zero-order chi connectivity index (χ0) is 12.4. The van der Waals surface area contributed by atoms with Crippen LogP contribution in [0.25, 0.3) is 11.3 Å². The number of halogens is 1. The summed E-state index contributed by atoms with van der Waals surface area (Å²) in [4.78, 5) is 4.46. The van der Waals surface area contributed by atoms with Gasteiger partial charge >= 0.3 is 0 Å². The van der Waals surface area contributed by atoms with E-state index in [9.17, 15) is 0 Å². The Morgan fingerprint density at radius 1 is 1.47 bits per heavy atom. The van der Waals surface area contributed by atoms with Crippen LogP contribution in [0.15, 0.2) is 23.6 Å². The van der Waals surface area contributed by atoms with Crippen LogP contribution < -0.4 is 10.5 Å². The summed E-state index contributed by atoms with van der Waals surface area (Å²) in [7, 11) is 1.61. The van der Waals surface area contributed by atoms with Crippen LogP contribution >= 0.6 is 22.9 Å². The molecule has 0 bridgehead atoms. The smallest absolute Gasteiger partial charge is 0.120 e. The molecule has 0 aliphatic heterocycles. The lowest BCUT2D eigenvalue weighted by atomic mass is 10.1. The molecule has 0 saturated heterocycles. The van der Waals surface area contributed by atoms with E-state index in [0.29, 0.717) is 5.02 Å². The Kier molecular flexibility index (Phi) is 3.66. The summed E-state index contributed by atoms with van der Waals surface area (Å²) in [5.41, 5.74) is 7.54. The Hall–Kier alpha value is -1.10. The Labute approximate surface area is 109 Å². The molecule has 5 heteroatoms. The van der Waals surface area contributed by atoms with Gasteiger partial charge in [-0.3, -0.25) is 0 Å². The summed E-state index contributed by atoms with van der Waals surface area (Å²) in [5.74, 6) is 0.737. The van der Waals surface area contributed by atoms with Crippen molar-refractivity contribution in [3.8, 4) is 17.0 Å². The summed E-state index contributed by atoms with van der Waals surface area (Å²) < 4.78 is 5.11. The van der Waals surface area contributed by atoms with Crippen molar-refractivity contribution >= 4 is 22.9 Å². The summed E-state index contributed by atoms with van der Waals surface area (Å²) in [6.07, 6.45) is 0. The molecule has 1 aromatic carbocycles. The number of rotatable bonds is 3. The quantitative estimate of drug-likeness (QED) is 0.927. The normalized spacial score (nSPS) is 12.5. The van der Waals surface area contributed by atoms with Gasteiger partial charge in [0, 0.05) is 10.9 Å². The molecule has 2 rings (SSSR count). The topological polar surface area (TPSA) is 48.1 Å². The molecule has 0 radical (unpaired) electrons. The number of ether oxygens (including phenoxy) is 1. The summed E-state index contributed by atoms with van der Waals surface area (Å²) in [5, 5.41) is 3.50. The molecule has 1 atom stereocenters. The van der Waals surface area contributed by atoms with E-state index < -0.39 is 0 Å². The van der Waals surface area contributed by atoms with Gasteiger partial charge in [0.2, 0.25) is 0 Å². The van der Waals surface area contributed by atoms with E-state index in [1.807, 2.05) is 24.4 Å². The number of benzene rings is 1. The van der Waals surface area contributed by atoms with Gasteiger partial charge in [-0.2, -0.15) is 0 Å². The molecule has 0 spiro atoms. The third-order valence-corrected chi connectivity index (χ3v) is 3.72. The first-order valence-corrected chi connectivity index (χ1v) is 6.42. The predicted molar refractivity (Wildman–Crippen MR) is 71.7 cm³/mol. The average molecular weight is 269 g/mol. The van der Waals surface area contributed by atoms with Gasteiger partial charge < -0.3 is 10.5 Å². The molecule has 1 unspecified atom stereocenters. The van der Waals surface area contributed by atoms with E-state index in [4.69, 9.17) is 22.1 Å². The van der Waals surface area contributed by atoms with Crippen LogP contribution in [-0.4, -0.2) is 12.1 Å². The van der Waals surface area contributed by atoms with Gasteiger partial charge in [0.25, 0.3) is 0 Å². The fourth-order valence-electron chi connectivity index (χ4n) is 1.45. The molecule has 3 nitrogen and oxygen atoms in total. The Morgan fingerprint density at radius 2 is 2.24 bits per heavy atom. The van der Waals surface area contributed by atoms with Gasteiger partial charge in [-0.25, -0.2) is 4.98 Å². The van der Waals surface area contributed by atoms with E-state index in [1.54, 1.807) is 24.5 Å². The molecule has 0 amide bonds. The molecule has 90 valence electrons. The molecular weight excluding hydrogens is 256 g/mol. The SMILES string of the molecule is COc1ccc(-c2csc(C(C)N)n2)c(Cl)c1. The number of methoxy groups -OCH3 is 1. The Balaban J connectivity index is 2.38. The van der Waals surface area contributed by atoms with Gasteiger partial charge in [-0.1, -0.05) is 11.6 Å². The molecule has 0 saturated carbocycles. The minimum Gasteiger partial charge on any atom is -0.497 e. The lowest BCUT2D eigenvalue weighted by Gasteiger charge is -2.04. The van der Waals surface area contributed by atoms with Crippen LogP contribution in [-0.2, 0) is 0 Å². The lowest BCUT2D eigenvalue weighted by molar-refractivity contribution is 0.415. The maximum Gasteiger partial charge on any atom is 0.120 e. The molecular formula is C12H13ClN2OS. The zero-order valence-electron chi connectivity index (χ0n) is 9.61. The molecule has 1 heterocycles. The van der Waals surface area contributed by atoms with E-state index >= 15 is 0 Å². The zero-order valence-corrected chi connectivity index (χ0v) is 11.2. The first-order valence-electron chi connectivity index (χ1n) is 5.16. The van der Waals surface area contributed by atoms with Crippen molar-refractivity contribution in [2.24, 2.45) is 5.73 Å². The minimum atomic E-state index is -0.0502. The summed E-state index contributed by atoms with van der Waals surface area (Å²) >= 11 is 7.73. The maximum atomic E-state index is 6.18. The van der Waals surface area contributed by atoms with Crippen molar-refractivity contribution in [1.29, 1.82) is 0 Å². The van der Waals surface area contributed by atoms with Crippen LogP contribution in [0.5, 0.6) is 5.75 Å². The van der Waals surface area contributed by atoms with Crippen molar-refractivity contribution in [2.45, 2.75) is 13.0 Å². The van der Waals surface area contributed by atoms with Crippen molar-refractivity contribution in [2.75, 3.05) is 7.11 Å². The average Bonchev–Trinajstić information content (AvgIpc) is 2.78. The number of hydrogen-bond donors (Lipinski definition) is 1. The largest absolute Gasteiger partial charge is 0.497 e. The van der Waals surface area contributed by atoms with E-state index in [0.717, 1.165) is 22.0 Å². The van der Waals surface area contributed by atoms with Crippen LogP contribution in [0.2, 0.25) is 5.02 Å². The van der Waals surface area contributed by atoms with Gasteiger partial charge in [0.1, 0.15) is 10.8 Å². The molecule has 2 aromatic rings. The minimum absolute atomic E-state index is 0.0502. The second kappa shape index (κ2) is 5.04. The van der Waals surface area contributed by atoms with E-state index in [-0.39, 0.29) is 6.04 Å². The first-order chi connectivity index (χ1) is 8.11. The van der Waals surface area contributed by atoms with Gasteiger partial charge in [-0.15, -0.1) is 11.3 Å². The van der Waals surface area contributed by atoms with E-state index in [2.05, 4.69) is 4.98 Å². The molecule has 17 heavy (non-hydrogen) atoms. The van der Waals surface area contributed by atoms with Gasteiger partial charge in [-0.05, 0) is 25.1 Å². The lowest BCUT2D eigenvalue weighted by Crippen LogP contribution is -2.03. The predicted octanol–water partition coefficient (Wildman–Crippen LogP) is 3.49. The third-order valence-electron chi connectivity index (χ3n) is 2.36. The van der Waals surface area contributed by atoms with Crippen LogP contribution in [0, 0.1) is 0 Å². The van der Waals surface area contributed by atoms with Crippen LogP contribution in [0.4, 0.5) is 0 Å². The number of aromatic nitrogens is 1. The number of thiazole rings is 1. The number of hydrogen-bond acceptors (Lipinski definition) is 4. The van der Waals surface area contributed by atoms with Crippen LogP contribution in [0.1, 0.15) is 18.0 Å². The number of nitrogens with zero attached hydrogens (tertiary/aromatic N) is 1. The standard InChI is InChI=1S/C12H13ClN2OS/c1-7(14)12-15-11(6-17-12)9-4-3-8(16-2)5-10(9)13/h3-7H,14H2,1-2H3. The highest BCUT2D eigenvalue weighted by Gasteiger charge is 2.11. The molecule has 0 aliphatic carbocycles. The molecule has 0 fully saturated rings. The molecule has 2 N–H and O–H groups in total. The second-order valence-corrected chi connectivity index (χ2v) is 5.00. The highest BCUT2D eigenvalue weighted by Crippen LogP contribution is 2.32. The highest BCUT2D eigenvalue weighted by atomic mass is 35.5. The number of nitrogens with two attached hydrogens (primary N) is 1. The fraction of sp³-hybridized carbons (Fsp3) is 0.250. The van der Waals surface area contributed by atoms with Crippen molar-refractivity contribution < 1.29 is 4.74 Å². The third kappa shape index (κ3) is 2.60. The monoisotopic (exact) mass is 268 g/mol. The highest BCUT2D eigenvalue weighted by molar-refractivity contribution is 7.10. The van der Waals surface area contributed by atoms with Crippen molar-refractivity contribution in [1.82, 2.24) is 4.98 Å². The Morgan fingerprint density at radius 3 is 2.76 bits per heavy atom.